The molecule has 94 valence electrons. The quantitative estimate of drug-likeness (QED) is 0.595. The molecule has 1 nitrogen and oxygen atoms in total. The van der Waals surface area contributed by atoms with E-state index < -0.39 is 0 Å². The van der Waals surface area contributed by atoms with Crippen molar-refractivity contribution in [1.29, 1.82) is 0 Å². The van der Waals surface area contributed by atoms with Gasteiger partial charge in [-0.15, -0.1) is 35.6 Å². The lowest BCUT2D eigenvalue weighted by Gasteiger charge is -2.15. The molecule has 0 bridgehead atoms. The predicted octanol–water partition coefficient (Wildman–Crippen LogP) is 3.24. The number of alkyl halides is 2. The lowest BCUT2D eigenvalue weighted by Crippen LogP contribution is -2.28. The molecule has 0 amide bonds. The number of hydrogen-bond donors (Lipinski definition) is 0. The largest absolute Gasteiger partial charge is 0.290 e. The van der Waals surface area contributed by atoms with Gasteiger partial charge in [0.05, 0.1) is 6.54 Å². The minimum Gasteiger partial charge on any atom is -0.290 e. The minimum atomic E-state index is 0. The highest BCUT2D eigenvalue weighted by Crippen LogP contribution is 1.95. The Balaban J connectivity index is 0.00000256. The topological polar surface area (TPSA) is 3.24 Å². The number of hydrogen-bond acceptors (Lipinski definition) is 1. The molecule has 0 N–H and O–H groups in total. The molecule has 0 fully saturated rings. The van der Waals surface area contributed by atoms with Crippen LogP contribution in [0.4, 0.5) is 0 Å². The summed E-state index contributed by atoms with van der Waals surface area (Å²) < 4.78 is 0. The maximum absolute atomic E-state index is 5.69. The highest BCUT2D eigenvalue weighted by molar-refractivity contribution is 6.18. The average Bonchev–Trinajstić information content (AvgIpc) is 2.31. The summed E-state index contributed by atoms with van der Waals surface area (Å²) >= 11 is 11.4. The van der Waals surface area contributed by atoms with Crippen molar-refractivity contribution in [3.8, 4) is 11.8 Å². The normalized spacial score (nSPS) is 9.35. The van der Waals surface area contributed by atoms with Gasteiger partial charge in [0, 0.05) is 30.4 Å². The molecule has 1 rings (SSSR count). The zero-order chi connectivity index (χ0) is 11.6. The monoisotopic (exact) mass is 291 g/mol. The third kappa shape index (κ3) is 7.52. The Bertz CT molecular complexity index is 337. The zero-order valence-corrected chi connectivity index (χ0v) is 11.9. The molecule has 0 heterocycles. The first-order chi connectivity index (χ1) is 7.86. The molecule has 0 saturated heterocycles. The van der Waals surface area contributed by atoms with Gasteiger partial charge in [-0.2, -0.15) is 0 Å². The highest BCUT2D eigenvalue weighted by Gasteiger charge is 1.99. The van der Waals surface area contributed by atoms with Gasteiger partial charge in [0.25, 0.3) is 0 Å². The molecule has 0 atom stereocenters. The summed E-state index contributed by atoms with van der Waals surface area (Å²) in [5.74, 6) is 7.47. The van der Waals surface area contributed by atoms with Crippen molar-refractivity contribution in [1.82, 2.24) is 4.90 Å². The number of rotatable bonds is 5. The van der Waals surface area contributed by atoms with Crippen LogP contribution in [0.2, 0.25) is 0 Å². The Labute approximate surface area is 120 Å². The third-order valence-corrected chi connectivity index (χ3v) is 2.45. The third-order valence-electron chi connectivity index (χ3n) is 2.11. The Hall–Kier alpha value is -0.390. The number of halogens is 3. The SMILES string of the molecule is Cl.ClCCN(CC#Cc1ccccc1)CCCl. The fraction of sp³-hybridized carbons (Fsp3) is 0.385. The minimum absolute atomic E-state index is 0. The van der Waals surface area contributed by atoms with E-state index in [1.807, 2.05) is 30.3 Å². The van der Waals surface area contributed by atoms with E-state index in [9.17, 15) is 0 Å². The number of nitrogens with zero attached hydrogens (tertiary/aromatic N) is 1. The maximum atomic E-state index is 5.69. The summed E-state index contributed by atoms with van der Waals surface area (Å²) in [7, 11) is 0. The molecule has 0 radical (unpaired) electrons. The van der Waals surface area contributed by atoms with Crippen LogP contribution in [0.1, 0.15) is 5.56 Å². The summed E-state index contributed by atoms with van der Waals surface area (Å²) in [6, 6.07) is 9.96. The van der Waals surface area contributed by atoms with Crippen molar-refractivity contribution < 1.29 is 0 Å². The van der Waals surface area contributed by atoms with Crippen LogP contribution < -0.4 is 0 Å². The van der Waals surface area contributed by atoms with Gasteiger partial charge in [0.1, 0.15) is 0 Å². The van der Waals surface area contributed by atoms with Gasteiger partial charge in [-0.05, 0) is 12.1 Å². The molecule has 17 heavy (non-hydrogen) atoms. The first kappa shape index (κ1) is 16.6. The predicted molar refractivity (Wildman–Crippen MR) is 78.4 cm³/mol. The van der Waals surface area contributed by atoms with E-state index in [4.69, 9.17) is 23.2 Å². The van der Waals surface area contributed by atoms with Gasteiger partial charge in [0.15, 0.2) is 0 Å². The molecule has 1 aromatic carbocycles. The fourth-order valence-electron chi connectivity index (χ4n) is 1.28. The lowest BCUT2D eigenvalue weighted by molar-refractivity contribution is 0.346. The summed E-state index contributed by atoms with van der Waals surface area (Å²) in [6.07, 6.45) is 0. The summed E-state index contributed by atoms with van der Waals surface area (Å²) in [4.78, 5) is 2.15. The van der Waals surface area contributed by atoms with Gasteiger partial charge in [-0.3, -0.25) is 4.90 Å². The van der Waals surface area contributed by atoms with Crippen molar-refractivity contribution in [2.24, 2.45) is 0 Å². The molecule has 0 saturated carbocycles. The van der Waals surface area contributed by atoms with Crippen LogP contribution in [0.5, 0.6) is 0 Å². The second kappa shape index (κ2) is 10.7. The van der Waals surface area contributed by atoms with E-state index in [0.29, 0.717) is 18.3 Å². The van der Waals surface area contributed by atoms with Crippen LogP contribution in [-0.4, -0.2) is 36.3 Å². The summed E-state index contributed by atoms with van der Waals surface area (Å²) in [5, 5.41) is 0. The number of benzene rings is 1. The fourth-order valence-corrected chi connectivity index (χ4v) is 1.76. The van der Waals surface area contributed by atoms with Crippen molar-refractivity contribution in [3.05, 3.63) is 35.9 Å². The molecule has 4 heteroatoms. The lowest BCUT2D eigenvalue weighted by atomic mass is 10.2. The van der Waals surface area contributed by atoms with Crippen LogP contribution in [0.25, 0.3) is 0 Å². The molecule has 0 aliphatic carbocycles. The van der Waals surface area contributed by atoms with Gasteiger partial charge in [-0.25, -0.2) is 0 Å². The van der Waals surface area contributed by atoms with Crippen molar-refractivity contribution in [3.63, 3.8) is 0 Å². The molecule has 1 aromatic rings. The van der Waals surface area contributed by atoms with E-state index in [-0.39, 0.29) is 12.4 Å². The Morgan fingerprint density at radius 3 is 2.12 bits per heavy atom. The molecule has 0 spiro atoms. The molecule has 0 aliphatic heterocycles. The van der Waals surface area contributed by atoms with E-state index in [0.717, 1.165) is 18.7 Å². The van der Waals surface area contributed by atoms with Crippen LogP contribution >= 0.6 is 35.6 Å². The summed E-state index contributed by atoms with van der Waals surface area (Å²) in [5.41, 5.74) is 1.04. The van der Waals surface area contributed by atoms with E-state index in [1.165, 1.54) is 0 Å². The molecule has 0 unspecified atom stereocenters. The average molecular weight is 293 g/mol. The van der Waals surface area contributed by atoms with E-state index in [2.05, 4.69) is 16.7 Å². The first-order valence-corrected chi connectivity index (χ1v) is 6.32. The standard InChI is InChI=1S/C13H15Cl2N.ClH/c14-8-11-16(12-9-15)10-4-7-13-5-2-1-3-6-13;/h1-3,5-6H,8-12H2;1H. The van der Waals surface area contributed by atoms with Gasteiger partial charge < -0.3 is 0 Å². The van der Waals surface area contributed by atoms with Crippen LogP contribution in [0, 0.1) is 11.8 Å². The highest BCUT2D eigenvalue weighted by atomic mass is 35.5. The van der Waals surface area contributed by atoms with E-state index in [1.54, 1.807) is 0 Å². The van der Waals surface area contributed by atoms with Crippen LogP contribution in [-0.2, 0) is 0 Å². The van der Waals surface area contributed by atoms with Crippen molar-refractivity contribution >= 4 is 35.6 Å². The second-order valence-electron chi connectivity index (χ2n) is 3.32. The van der Waals surface area contributed by atoms with Gasteiger partial charge in [-0.1, -0.05) is 30.0 Å². The van der Waals surface area contributed by atoms with Gasteiger partial charge >= 0.3 is 0 Å². The summed E-state index contributed by atoms with van der Waals surface area (Å²) in [6.45, 7) is 2.38. The first-order valence-electron chi connectivity index (χ1n) is 5.25. The Morgan fingerprint density at radius 2 is 1.59 bits per heavy atom. The Kier molecular flexibility index (Phi) is 10.5. The molecular formula is C13H16Cl3N. The van der Waals surface area contributed by atoms with Gasteiger partial charge in [0.2, 0.25) is 0 Å². The van der Waals surface area contributed by atoms with Crippen molar-refractivity contribution in [2.75, 3.05) is 31.4 Å². The Morgan fingerprint density at radius 1 is 1.00 bits per heavy atom. The molecule has 0 aliphatic rings. The second-order valence-corrected chi connectivity index (χ2v) is 4.08. The molecular weight excluding hydrogens is 277 g/mol. The van der Waals surface area contributed by atoms with Crippen LogP contribution in [0.15, 0.2) is 30.3 Å². The molecule has 0 aromatic heterocycles. The smallest absolute Gasteiger partial charge is 0.0606 e. The van der Waals surface area contributed by atoms with E-state index >= 15 is 0 Å². The zero-order valence-electron chi connectivity index (χ0n) is 9.53. The van der Waals surface area contributed by atoms with Crippen molar-refractivity contribution in [2.45, 2.75) is 0 Å². The van der Waals surface area contributed by atoms with Crippen LogP contribution in [0.3, 0.4) is 0 Å². The maximum Gasteiger partial charge on any atom is 0.0606 e.